The van der Waals surface area contributed by atoms with Crippen LogP contribution in [0.1, 0.15) is 24.7 Å². The predicted molar refractivity (Wildman–Crippen MR) is 86.3 cm³/mol. The summed E-state index contributed by atoms with van der Waals surface area (Å²) < 4.78 is 138. The Bertz CT molecular complexity index is 997. The molecule has 0 fully saturated rings. The van der Waals surface area contributed by atoms with E-state index in [1.807, 2.05) is 0 Å². The van der Waals surface area contributed by atoms with Gasteiger partial charge in [0, 0.05) is 8.22 Å². The van der Waals surface area contributed by atoms with Crippen molar-refractivity contribution < 1.29 is 37.3 Å². The largest absolute Gasteiger partial charge is 0.408 e. The molecule has 27 heavy (non-hydrogen) atoms. The van der Waals surface area contributed by atoms with E-state index in [1.54, 1.807) is 0 Å². The van der Waals surface area contributed by atoms with Gasteiger partial charge in [-0.1, -0.05) is 17.6 Å². The molecule has 0 aliphatic carbocycles. The van der Waals surface area contributed by atoms with Crippen LogP contribution in [0, 0.1) is 0 Å². The Balaban J connectivity index is 2.73. The lowest BCUT2D eigenvalue weighted by molar-refractivity contribution is -0.139. The van der Waals surface area contributed by atoms with Gasteiger partial charge in [0.1, 0.15) is 22.9 Å². The fraction of sp³-hybridized carbons (Fsp3) is 0.429. The second-order valence-electron chi connectivity index (χ2n) is 4.74. The van der Waals surface area contributed by atoms with E-state index in [1.165, 1.54) is 10.6 Å². The predicted octanol–water partition coefficient (Wildman–Crippen LogP) is 4.31. The minimum atomic E-state index is -5.41. The number of halogens is 7. The average Bonchev–Trinajstić information content (AvgIpc) is 2.63. The minimum absolute atomic E-state index is 0.420. The molecular formula is C14H13ClF6N6. The van der Waals surface area contributed by atoms with E-state index in [2.05, 4.69) is 19.9 Å². The molecule has 0 aliphatic heterocycles. The van der Waals surface area contributed by atoms with Crippen molar-refractivity contribution in [3.05, 3.63) is 23.3 Å². The van der Waals surface area contributed by atoms with Crippen LogP contribution < -0.4 is 10.6 Å². The van der Waals surface area contributed by atoms with Gasteiger partial charge in [0.2, 0.25) is 11.9 Å². The number of rotatable bonds is 5. The summed E-state index contributed by atoms with van der Waals surface area (Å²) in [6, 6.07) is -7.02. The molecule has 2 unspecified atom stereocenters. The number of anilines is 2. The lowest BCUT2D eigenvalue weighted by Gasteiger charge is -2.20. The van der Waals surface area contributed by atoms with Crippen molar-refractivity contribution in [3.63, 3.8) is 0 Å². The zero-order valence-corrected chi connectivity index (χ0v) is 13.4. The van der Waals surface area contributed by atoms with E-state index in [4.69, 9.17) is 22.6 Å². The summed E-state index contributed by atoms with van der Waals surface area (Å²) in [7, 11) is 0. The molecule has 0 aliphatic rings. The number of pyridine rings is 1. The van der Waals surface area contributed by atoms with Gasteiger partial charge in [0.25, 0.3) is 0 Å². The first-order valence-electron chi connectivity index (χ1n) is 10.7. The Kier molecular flexibility index (Phi) is 3.47. The minimum Gasteiger partial charge on any atom is -0.343 e. The van der Waals surface area contributed by atoms with Gasteiger partial charge in [-0.25, -0.2) is 4.98 Å². The molecule has 2 aromatic rings. The van der Waals surface area contributed by atoms with Crippen molar-refractivity contribution in [1.82, 2.24) is 19.9 Å². The van der Waals surface area contributed by atoms with Gasteiger partial charge in [0.15, 0.2) is 5.82 Å². The lowest BCUT2D eigenvalue weighted by atomic mass is 10.3. The third-order valence-corrected chi connectivity index (χ3v) is 2.84. The van der Waals surface area contributed by atoms with Crippen molar-refractivity contribution in [2.45, 2.75) is 38.1 Å². The SMILES string of the molecule is [2H]c1cc(Cl)nc(-c2nc(NC(C([2H])([2H])[2H])C(F)(F)F)nc(NC(C([2H])([2H])[2H])C(F)(F)F)n2)c1[2H]. The van der Waals surface area contributed by atoms with Gasteiger partial charge in [-0.3, -0.25) is 0 Å². The van der Waals surface area contributed by atoms with Crippen LogP contribution in [0.4, 0.5) is 38.2 Å². The summed E-state index contributed by atoms with van der Waals surface area (Å²) in [6.45, 7) is -7.45. The normalized spacial score (nSPS) is 19.8. The Hall–Kier alpha value is -2.37. The molecule has 13 heteroatoms. The van der Waals surface area contributed by atoms with E-state index < -0.39 is 78.8 Å². The van der Waals surface area contributed by atoms with E-state index in [0.717, 1.165) is 6.07 Å². The van der Waals surface area contributed by atoms with E-state index >= 15 is 0 Å². The van der Waals surface area contributed by atoms with Crippen LogP contribution >= 0.6 is 11.6 Å². The van der Waals surface area contributed by atoms with Crippen LogP contribution in [0.3, 0.4) is 0 Å². The maximum atomic E-state index is 13.3. The van der Waals surface area contributed by atoms with Crippen LogP contribution in [0.2, 0.25) is 5.15 Å². The van der Waals surface area contributed by atoms with Crippen molar-refractivity contribution in [2.24, 2.45) is 0 Å². The number of nitrogens with one attached hydrogen (secondary N) is 2. The summed E-state index contributed by atoms with van der Waals surface area (Å²) >= 11 is 5.70. The average molecular weight is 423 g/mol. The summed E-state index contributed by atoms with van der Waals surface area (Å²) in [6.07, 6.45) is -10.8. The molecule has 0 aromatic carbocycles. The van der Waals surface area contributed by atoms with Crippen LogP contribution in [-0.2, 0) is 0 Å². The smallest absolute Gasteiger partial charge is 0.343 e. The third-order valence-electron chi connectivity index (χ3n) is 2.65. The molecule has 0 saturated carbocycles. The van der Waals surface area contributed by atoms with Gasteiger partial charge >= 0.3 is 12.4 Å². The number of hydrogen-bond acceptors (Lipinski definition) is 6. The molecule has 0 radical (unpaired) electrons. The topological polar surface area (TPSA) is 75.6 Å². The maximum Gasteiger partial charge on any atom is 0.408 e. The summed E-state index contributed by atoms with van der Waals surface area (Å²) in [4.78, 5) is 13.8. The molecule has 0 amide bonds. The molecule has 6 nitrogen and oxygen atoms in total. The first kappa shape index (κ1) is 12.2. The molecular weight excluding hydrogens is 402 g/mol. The van der Waals surface area contributed by atoms with E-state index in [9.17, 15) is 26.3 Å². The Labute approximate surface area is 165 Å². The van der Waals surface area contributed by atoms with Crippen molar-refractivity contribution in [1.29, 1.82) is 0 Å². The first-order chi connectivity index (χ1) is 15.6. The van der Waals surface area contributed by atoms with Gasteiger partial charge in [0.05, 0.1) is 2.74 Å². The second-order valence-corrected chi connectivity index (χ2v) is 5.13. The molecule has 2 heterocycles. The highest BCUT2D eigenvalue weighted by Gasteiger charge is 2.38. The van der Waals surface area contributed by atoms with Crippen molar-refractivity contribution >= 4 is 23.5 Å². The second kappa shape index (κ2) is 7.71. The lowest BCUT2D eigenvalue weighted by Crippen LogP contribution is -2.35. The molecule has 148 valence electrons. The highest BCUT2D eigenvalue weighted by atomic mass is 35.5. The molecule has 2 N–H and O–H groups in total. The number of alkyl halides is 6. The molecule has 2 rings (SSSR count). The summed E-state index contributed by atoms with van der Waals surface area (Å²) in [5.74, 6) is -3.38. The van der Waals surface area contributed by atoms with E-state index in [0.29, 0.717) is 0 Å². The van der Waals surface area contributed by atoms with Gasteiger partial charge in [-0.15, -0.1) is 0 Å². The highest BCUT2D eigenvalue weighted by molar-refractivity contribution is 6.29. The zero-order chi connectivity index (χ0) is 27.1. The fourth-order valence-electron chi connectivity index (χ4n) is 1.47. The van der Waals surface area contributed by atoms with Crippen LogP contribution in [-0.4, -0.2) is 44.4 Å². The van der Waals surface area contributed by atoms with Gasteiger partial charge in [-0.05, 0) is 25.8 Å². The molecule has 2 aromatic heterocycles. The van der Waals surface area contributed by atoms with Crippen LogP contribution in [0.5, 0.6) is 0 Å². The van der Waals surface area contributed by atoms with Crippen molar-refractivity contribution in [2.75, 3.05) is 10.6 Å². The molecule has 2 atom stereocenters. The molecule has 0 saturated heterocycles. The summed E-state index contributed by atoms with van der Waals surface area (Å²) in [5, 5.41) is 2.44. The Morgan fingerprint density at radius 3 is 1.93 bits per heavy atom. The van der Waals surface area contributed by atoms with Crippen molar-refractivity contribution in [3.8, 4) is 11.5 Å². The number of aromatic nitrogens is 4. The van der Waals surface area contributed by atoms with Gasteiger partial charge < -0.3 is 10.6 Å². The Morgan fingerprint density at radius 1 is 0.963 bits per heavy atom. The van der Waals surface area contributed by atoms with Gasteiger partial charge in [-0.2, -0.15) is 41.3 Å². The third kappa shape index (κ3) is 5.81. The zero-order valence-electron chi connectivity index (χ0n) is 20.7. The van der Waals surface area contributed by atoms with Crippen LogP contribution in [0.15, 0.2) is 18.2 Å². The van der Waals surface area contributed by atoms with Crippen LogP contribution in [0.25, 0.3) is 11.5 Å². The standard InChI is InChI=1S/C14H13ClF6N6/c1-6(13(16,17)18)22-11-25-10(8-4-3-5-9(15)24-8)26-12(27-11)23-7(2)14(19,20)21/h3-7H,1-2H3,(H2,22,23,25,26,27)/i1D3,2D3,3D,4D. The number of nitrogens with zero attached hydrogens (tertiary/aromatic N) is 4. The first-order valence-corrected chi connectivity index (χ1v) is 7.05. The maximum absolute atomic E-state index is 13.3. The Morgan fingerprint density at radius 2 is 1.48 bits per heavy atom. The summed E-state index contributed by atoms with van der Waals surface area (Å²) in [5.41, 5.74) is -0.689. The highest BCUT2D eigenvalue weighted by Crippen LogP contribution is 2.26. The fourth-order valence-corrected chi connectivity index (χ4v) is 1.61. The number of hydrogen-bond donors (Lipinski definition) is 2. The molecule has 0 spiro atoms. The monoisotopic (exact) mass is 422 g/mol. The quantitative estimate of drug-likeness (QED) is 0.552. The molecule has 0 bridgehead atoms. The van der Waals surface area contributed by atoms with E-state index in [-0.39, 0.29) is 0 Å².